The fourth-order valence-corrected chi connectivity index (χ4v) is 1.99. The summed E-state index contributed by atoms with van der Waals surface area (Å²) >= 11 is 0. The van der Waals surface area contributed by atoms with Crippen molar-refractivity contribution in [3.05, 3.63) is 72.4 Å². The van der Waals surface area contributed by atoms with Gasteiger partial charge in [-0.1, -0.05) is 17.7 Å². The molecule has 0 spiro atoms. The summed E-state index contributed by atoms with van der Waals surface area (Å²) in [6, 6.07) is 10.7. The fourth-order valence-electron chi connectivity index (χ4n) is 1.99. The zero-order chi connectivity index (χ0) is 16.1. The second-order valence-corrected chi connectivity index (χ2v) is 4.88. The predicted molar refractivity (Wildman–Crippen MR) is 85.5 cm³/mol. The van der Waals surface area contributed by atoms with Crippen molar-refractivity contribution in [2.75, 3.05) is 5.32 Å². The summed E-state index contributed by atoms with van der Waals surface area (Å²) in [7, 11) is 0. The van der Waals surface area contributed by atoms with Crippen LogP contribution in [0, 0.1) is 6.92 Å². The lowest BCUT2D eigenvalue weighted by molar-refractivity contribution is 0.102. The number of pyridine rings is 1. The highest BCUT2D eigenvalue weighted by Crippen LogP contribution is 2.21. The molecule has 23 heavy (non-hydrogen) atoms. The molecule has 6 nitrogen and oxygen atoms in total. The maximum Gasteiger partial charge on any atom is 0.256 e. The molecule has 0 fully saturated rings. The third kappa shape index (κ3) is 3.88. The molecule has 114 valence electrons. The molecular formula is C17H14N4O2. The summed E-state index contributed by atoms with van der Waals surface area (Å²) in [5.74, 6) is 1.23. The Kier molecular flexibility index (Phi) is 4.24. The molecule has 6 heteroatoms. The lowest BCUT2D eigenvalue weighted by Crippen LogP contribution is -2.12. The van der Waals surface area contributed by atoms with Crippen molar-refractivity contribution in [1.29, 1.82) is 0 Å². The second kappa shape index (κ2) is 6.65. The molecule has 0 aliphatic rings. The molecule has 1 N–H and O–H groups in total. The van der Waals surface area contributed by atoms with E-state index in [-0.39, 0.29) is 5.91 Å². The van der Waals surface area contributed by atoms with Crippen LogP contribution in [0.3, 0.4) is 0 Å². The van der Waals surface area contributed by atoms with Crippen molar-refractivity contribution in [2.24, 2.45) is 0 Å². The van der Waals surface area contributed by atoms with Crippen molar-refractivity contribution in [3.63, 3.8) is 0 Å². The Labute approximate surface area is 133 Å². The fraction of sp³-hybridized carbons (Fsp3) is 0.0588. The average molecular weight is 306 g/mol. The summed E-state index contributed by atoms with van der Waals surface area (Å²) in [6.07, 6.45) is 6.09. The summed E-state index contributed by atoms with van der Waals surface area (Å²) in [5.41, 5.74) is 1.60. The van der Waals surface area contributed by atoms with Gasteiger partial charge < -0.3 is 10.1 Å². The van der Waals surface area contributed by atoms with Crippen LogP contribution in [0.2, 0.25) is 0 Å². The molecule has 0 radical (unpaired) electrons. The lowest BCUT2D eigenvalue weighted by atomic mass is 10.1. The number of carbonyl (C=O) groups is 1. The molecule has 0 aliphatic heterocycles. The minimum Gasteiger partial charge on any atom is -0.454 e. The Hall–Kier alpha value is -3.28. The van der Waals surface area contributed by atoms with E-state index in [0.29, 0.717) is 22.9 Å². The van der Waals surface area contributed by atoms with E-state index in [9.17, 15) is 4.79 Å². The van der Waals surface area contributed by atoms with Crippen molar-refractivity contribution < 1.29 is 9.53 Å². The second-order valence-electron chi connectivity index (χ2n) is 4.88. The number of amides is 1. The Morgan fingerprint density at radius 1 is 1.09 bits per heavy atom. The molecule has 0 atom stereocenters. The van der Waals surface area contributed by atoms with Gasteiger partial charge in [0.2, 0.25) is 0 Å². The molecule has 3 aromatic rings. The van der Waals surface area contributed by atoms with E-state index in [4.69, 9.17) is 4.74 Å². The van der Waals surface area contributed by atoms with Gasteiger partial charge in [-0.25, -0.2) is 15.0 Å². The molecule has 3 rings (SSSR count). The largest absolute Gasteiger partial charge is 0.454 e. The van der Waals surface area contributed by atoms with Crippen LogP contribution in [0.1, 0.15) is 15.9 Å². The summed E-state index contributed by atoms with van der Waals surface area (Å²) < 4.78 is 5.61. The first-order valence-corrected chi connectivity index (χ1v) is 6.98. The zero-order valence-corrected chi connectivity index (χ0v) is 12.4. The van der Waals surface area contributed by atoms with E-state index >= 15 is 0 Å². The molecule has 0 saturated heterocycles. The lowest BCUT2D eigenvalue weighted by Gasteiger charge is -2.08. The van der Waals surface area contributed by atoms with Crippen LogP contribution in [0.5, 0.6) is 11.5 Å². The number of aryl methyl sites for hydroxylation is 1. The van der Waals surface area contributed by atoms with Gasteiger partial charge >= 0.3 is 0 Å². The van der Waals surface area contributed by atoms with Crippen LogP contribution in [-0.4, -0.2) is 20.9 Å². The zero-order valence-electron chi connectivity index (χ0n) is 12.4. The Morgan fingerprint density at radius 3 is 2.70 bits per heavy atom. The molecule has 0 unspecified atom stereocenters. The van der Waals surface area contributed by atoms with Gasteiger partial charge in [0.05, 0.1) is 12.4 Å². The van der Waals surface area contributed by atoms with Crippen LogP contribution in [0.15, 0.2) is 61.3 Å². The molecule has 0 bridgehead atoms. The maximum atomic E-state index is 12.2. The van der Waals surface area contributed by atoms with Crippen LogP contribution >= 0.6 is 0 Å². The number of benzene rings is 1. The van der Waals surface area contributed by atoms with E-state index in [0.717, 1.165) is 5.56 Å². The maximum absolute atomic E-state index is 12.2. The van der Waals surface area contributed by atoms with Gasteiger partial charge in [0.15, 0.2) is 5.75 Å². The SMILES string of the molecule is Cc1cccc(C(=O)Nc2cc(Oc3cncnc3)ccn2)c1. The van der Waals surface area contributed by atoms with E-state index in [1.165, 1.54) is 6.33 Å². The number of carbonyl (C=O) groups excluding carboxylic acids is 1. The summed E-state index contributed by atoms with van der Waals surface area (Å²) in [5, 5.41) is 2.75. The van der Waals surface area contributed by atoms with Crippen LogP contribution in [-0.2, 0) is 0 Å². The van der Waals surface area contributed by atoms with Crippen molar-refractivity contribution in [2.45, 2.75) is 6.92 Å². The van der Waals surface area contributed by atoms with E-state index in [1.54, 1.807) is 36.8 Å². The van der Waals surface area contributed by atoms with Gasteiger partial charge in [-0.05, 0) is 25.1 Å². The standard InChI is InChI=1S/C17H14N4O2/c1-12-3-2-4-13(7-12)17(22)21-16-8-14(5-6-20-16)23-15-9-18-11-19-10-15/h2-11H,1H3,(H,20,21,22). The Morgan fingerprint density at radius 2 is 1.91 bits per heavy atom. The molecule has 2 heterocycles. The first kappa shape index (κ1) is 14.6. The van der Waals surface area contributed by atoms with Gasteiger partial charge in [0.25, 0.3) is 5.91 Å². The van der Waals surface area contributed by atoms with Crippen molar-refractivity contribution in [3.8, 4) is 11.5 Å². The number of aromatic nitrogens is 3. The number of hydrogen-bond donors (Lipinski definition) is 1. The number of anilines is 1. The molecular weight excluding hydrogens is 292 g/mol. The number of hydrogen-bond acceptors (Lipinski definition) is 5. The van der Waals surface area contributed by atoms with Gasteiger partial charge in [-0.3, -0.25) is 4.79 Å². The van der Waals surface area contributed by atoms with Gasteiger partial charge in [0, 0.05) is 17.8 Å². The molecule has 2 aromatic heterocycles. The smallest absolute Gasteiger partial charge is 0.256 e. The molecule has 0 saturated carbocycles. The normalized spacial score (nSPS) is 10.1. The first-order chi connectivity index (χ1) is 11.2. The number of ether oxygens (including phenoxy) is 1. The van der Waals surface area contributed by atoms with E-state index in [2.05, 4.69) is 20.3 Å². The quantitative estimate of drug-likeness (QED) is 0.800. The Balaban J connectivity index is 1.74. The molecule has 1 amide bonds. The summed E-state index contributed by atoms with van der Waals surface area (Å²) in [6.45, 7) is 1.94. The third-order valence-electron chi connectivity index (χ3n) is 3.03. The predicted octanol–water partition coefficient (Wildman–Crippen LogP) is 3.22. The highest BCUT2D eigenvalue weighted by molar-refractivity contribution is 6.03. The topological polar surface area (TPSA) is 77.0 Å². The van der Waals surface area contributed by atoms with E-state index in [1.807, 2.05) is 25.1 Å². The van der Waals surface area contributed by atoms with Gasteiger partial charge in [0.1, 0.15) is 17.9 Å². The highest BCUT2D eigenvalue weighted by atomic mass is 16.5. The number of rotatable bonds is 4. The first-order valence-electron chi connectivity index (χ1n) is 6.98. The highest BCUT2D eigenvalue weighted by Gasteiger charge is 2.08. The molecule has 1 aromatic carbocycles. The van der Waals surface area contributed by atoms with Crippen molar-refractivity contribution >= 4 is 11.7 Å². The third-order valence-corrected chi connectivity index (χ3v) is 3.03. The molecule has 0 aliphatic carbocycles. The van der Waals surface area contributed by atoms with Crippen LogP contribution < -0.4 is 10.1 Å². The minimum atomic E-state index is -0.221. The van der Waals surface area contributed by atoms with Gasteiger partial charge in [-0.2, -0.15) is 0 Å². The van der Waals surface area contributed by atoms with Crippen LogP contribution in [0.25, 0.3) is 0 Å². The van der Waals surface area contributed by atoms with Crippen LogP contribution in [0.4, 0.5) is 5.82 Å². The minimum absolute atomic E-state index is 0.221. The van der Waals surface area contributed by atoms with E-state index < -0.39 is 0 Å². The Bertz CT molecular complexity index is 822. The van der Waals surface area contributed by atoms with Gasteiger partial charge in [-0.15, -0.1) is 0 Å². The summed E-state index contributed by atoms with van der Waals surface area (Å²) in [4.78, 5) is 24.1. The monoisotopic (exact) mass is 306 g/mol. The number of nitrogens with one attached hydrogen (secondary N) is 1. The number of nitrogens with zero attached hydrogens (tertiary/aromatic N) is 3. The average Bonchev–Trinajstić information content (AvgIpc) is 2.56. The van der Waals surface area contributed by atoms with Crippen molar-refractivity contribution in [1.82, 2.24) is 15.0 Å².